The van der Waals surface area contributed by atoms with Crippen molar-refractivity contribution in [1.29, 1.82) is 0 Å². The smallest absolute Gasteiger partial charge is 0.252 e. The van der Waals surface area contributed by atoms with Crippen LogP contribution in [0.5, 0.6) is 0 Å². The highest BCUT2D eigenvalue weighted by Gasteiger charge is 2.28. The summed E-state index contributed by atoms with van der Waals surface area (Å²) < 4.78 is 0. The molecule has 0 bridgehead atoms. The molecular weight excluding hydrogens is 286 g/mol. The molecular formula is C19H23N3O. The highest BCUT2D eigenvalue weighted by molar-refractivity contribution is 6.06. The highest BCUT2D eigenvalue weighted by Crippen LogP contribution is 2.40. The van der Waals surface area contributed by atoms with Gasteiger partial charge in [-0.15, -0.1) is 0 Å². The summed E-state index contributed by atoms with van der Waals surface area (Å²) >= 11 is 0. The van der Waals surface area contributed by atoms with Crippen LogP contribution in [0.15, 0.2) is 30.3 Å². The average molecular weight is 309 g/mol. The largest absolute Gasteiger partial charge is 0.349 e. The Hall–Kier alpha value is -1.94. The number of carbonyl (C=O) groups excluding carboxylic acids is 1. The van der Waals surface area contributed by atoms with E-state index in [-0.39, 0.29) is 11.9 Å². The lowest BCUT2D eigenvalue weighted by atomic mass is 9.94. The molecule has 4 rings (SSSR count). The number of aromatic nitrogens is 1. The Balaban J connectivity index is 1.67. The zero-order valence-corrected chi connectivity index (χ0v) is 13.5. The predicted molar refractivity (Wildman–Crippen MR) is 91.6 cm³/mol. The van der Waals surface area contributed by atoms with Crippen LogP contribution in [0, 0.1) is 5.92 Å². The Labute approximate surface area is 136 Å². The number of benzene rings is 1. The van der Waals surface area contributed by atoms with E-state index < -0.39 is 0 Å². The fourth-order valence-electron chi connectivity index (χ4n) is 3.45. The number of carbonyl (C=O) groups is 1. The maximum Gasteiger partial charge on any atom is 0.252 e. The normalized spacial score (nSPS) is 24.6. The monoisotopic (exact) mass is 309 g/mol. The maximum absolute atomic E-state index is 12.9. The van der Waals surface area contributed by atoms with Gasteiger partial charge in [0.05, 0.1) is 11.1 Å². The second kappa shape index (κ2) is 5.93. The van der Waals surface area contributed by atoms with Crippen LogP contribution in [0.4, 0.5) is 0 Å². The molecule has 2 heterocycles. The first-order valence-electron chi connectivity index (χ1n) is 8.63. The summed E-state index contributed by atoms with van der Waals surface area (Å²) in [6.45, 7) is 4.13. The van der Waals surface area contributed by atoms with Gasteiger partial charge in [-0.3, -0.25) is 9.78 Å². The standard InChI is InChI=1S/C19H23N3O/c1-12-11-20-9-8-16(12)22-19(23)15-10-18(13-6-7-13)21-17-5-3-2-4-14(15)17/h2-5,10,12-13,16,20H,6-9,11H2,1H3,(H,22,23). The van der Waals surface area contributed by atoms with Crippen molar-refractivity contribution in [3.05, 3.63) is 41.6 Å². The number of fused-ring (bicyclic) bond motifs is 1. The summed E-state index contributed by atoms with van der Waals surface area (Å²) in [5.41, 5.74) is 2.79. The number of hydrogen-bond donors (Lipinski definition) is 2. The first kappa shape index (κ1) is 14.6. The number of pyridine rings is 1. The summed E-state index contributed by atoms with van der Waals surface area (Å²) in [6.07, 6.45) is 3.38. The lowest BCUT2D eigenvalue weighted by Crippen LogP contribution is -2.48. The molecule has 120 valence electrons. The van der Waals surface area contributed by atoms with E-state index in [0.29, 0.717) is 11.8 Å². The van der Waals surface area contributed by atoms with Crippen LogP contribution in [0.3, 0.4) is 0 Å². The summed E-state index contributed by atoms with van der Waals surface area (Å²) in [5.74, 6) is 1.05. The zero-order chi connectivity index (χ0) is 15.8. The SMILES string of the molecule is CC1CNCCC1NC(=O)c1cc(C2CC2)nc2ccccc12. The van der Waals surface area contributed by atoms with Crippen molar-refractivity contribution < 1.29 is 4.79 Å². The number of hydrogen-bond acceptors (Lipinski definition) is 3. The topological polar surface area (TPSA) is 54.0 Å². The first-order chi connectivity index (χ1) is 11.2. The fourth-order valence-corrected chi connectivity index (χ4v) is 3.45. The minimum atomic E-state index is 0.0456. The van der Waals surface area contributed by atoms with E-state index in [1.54, 1.807) is 0 Å². The summed E-state index contributed by atoms with van der Waals surface area (Å²) in [7, 11) is 0. The van der Waals surface area contributed by atoms with E-state index in [0.717, 1.165) is 41.7 Å². The Kier molecular flexibility index (Phi) is 3.77. The van der Waals surface area contributed by atoms with Gasteiger partial charge in [0, 0.05) is 23.0 Å². The summed E-state index contributed by atoms with van der Waals surface area (Å²) in [4.78, 5) is 17.7. The van der Waals surface area contributed by atoms with Crippen molar-refractivity contribution >= 4 is 16.8 Å². The number of para-hydroxylation sites is 1. The molecule has 23 heavy (non-hydrogen) atoms. The molecule has 1 saturated heterocycles. The number of nitrogens with zero attached hydrogens (tertiary/aromatic N) is 1. The first-order valence-corrected chi connectivity index (χ1v) is 8.63. The third kappa shape index (κ3) is 2.95. The van der Waals surface area contributed by atoms with Crippen molar-refractivity contribution in [2.24, 2.45) is 5.92 Å². The van der Waals surface area contributed by atoms with E-state index in [4.69, 9.17) is 4.98 Å². The van der Waals surface area contributed by atoms with Gasteiger partial charge < -0.3 is 10.6 Å². The summed E-state index contributed by atoms with van der Waals surface area (Å²) in [6, 6.07) is 10.2. The van der Waals surface area contributed by atoms with Crippen molar-refractivity contribution in [2.45, 2.75) is 38.1 Å². The highest BCUT2D eigenvalue weighted by atomic mass is 16.1. The second-order valence-electron chi connectivity index (χ2n) is 6.94. The number of nitrogens with one attached hydrogen (secondary N) is 2. The molecule has 2 atom stereocenters. The molecule has 2 aliphatic rings. The van der Waals surface area contributed by atoms with Gasteiger partial charge in [-0.1, -0.05) is 25.1 Å². The van der Waals surface area contributed by atoms with Gasteiger partial charge in [0.2, 0.25) is 0 Å². The Morgan fingerprint density at radius 2 is 2.09 bits per heavy atom. The molecule has 1 saturated carbocycles. The lowest BCUT2D eigenvalue weighted by Gasteiger charge is -2.30. The molecule has 1 aromatic heterocycles. The van der Waals surface area contributed by atoms with E-state index >= 15 is 0 Å². The van der Waals surface area contributed by atoms with E-state index in [2.05, 4.69) is 17.6 Å². The van der Waals surface area contributed by atoms with Gasteiger partial charge in [0.15, 0.2) is 0 Å². The van der Waals surface area contributed by atoms with Gasteiger partial charge in [0.1, 0.15) is 0 Å². The predicted octanol–water partition coefficient (Wildman–Crippen LogP) is 2.84. The Morgan fingerprint density at radius 3 is 2.87 bits per heavy atom. The zero-order valence-electron chi connectivity index (χ0n) is 13.5. The molecule has 2 N–H and O–H groups in total. The van der Waals surface area contributed by atoms with E-state index in [1.807, 2.05) is 30.3 Å². The molecule has 4 heteroatoms. The Morgan fingerprint density at radius 1 is 1.26 bits per heavy atom. The van der Waals surface area contributed by atoms with Crippen molar-refractivity contribution in [3.8, 4) is 0 Å². The molecule has 1 amide bonds. The van der Waals surface area contributed by atoms with E-state index in [9.17, 15) is 4.79 Å². The molecule has 1 aliphatic heterocycles. The molecule has 0 radical (unpaired) electrons. The fraction of sp³-hybridized carbons (Fsp3) is 0.474. The number of amides is 1. The van der Waals surface area contributed by atoms with Crippen LogP contribution in [0.2, 0.25) is 0 Å². The minimum absolute atomic E-state index is 0.0456. The van der Waals surface area contributed by atoms with Gasteiger partial charge in [-0.25, -0.2) is 0 Å². The second-order valence-corrected chi connectivity index (χ2v) is 6.94. The molecule has 2 fully saturated rings. The summed E-state index contributed by atoms with van der Waals surface area (Å²) in [5, 5.41) is 7.59. The number of rotatable bonds is 3. The minimum Gasteiger partial charge on any atom is -0.349 e. The van der Waals surface area contributed by atoms with E-state index in [1.165, 1.54) is 12.8 Å². The van der Waals surface area contributed by atoms with Crippen LogP contribution in [-0.4, -0.2) is 30.0 Å². The van der Waals surface area contributed by atoms with Crippen LogP contribution in [0.25, 0.3) is 10.9 Å². The third-order valence-corrected chi connectivity index (χ3v) is 5.08. The molecule has 4 nitrogen and oxygen atoms in total. The maximum atomic E-state index is 12.9. The van der Waals surface area contributed by atoms with Crippen LogP contribution >= 0.6 is 0 Å². The molecule has 2 unspecified atom stereocenters. The van der Waals surface area contributed by atoms with Gasteiger partial charge in [0.25, 0.3) is 5.91 Å². The third-order valence-electron chi connectivity index (χ3n) is 5.08. The average Bonchev–Trinajstić information content (AvgIpc) is 3.41. The van der Waals surface area contributed by atoms with Crippen LogP contribution in [0.1, 0.15) is 48.2 Å². The van der Waals surface area contributed by atoms with Crippen molar-refractivity contribution in [2.75, 3.05) is 13.1 Å². The molecule has 0 spiro atoms. The van der Waals surface area contributed by atoms with Crippen molar-refractivity contribution in [1.82, 2.24) is 15.6 Å². The Bertz CT molecular complexity index is 738. The van der Waals surface area contributed by atoms with Gasteiger partial charge >= 0.3 is 0 Å². The number of piperidine rings is 1. The van der Waals surface area contributed by atoms with Crippen LogP contribution < -0.4 is 10.6 Å². The lowest BCUT2D eigenvalue weighted by molar-refractivity contribution is 0.0915. The quantitative estimate of drug-likeness (QED) is 0.916. The van der Waals surface area contributed by atoms with Gasteiger partial charge in [-0.05, 0) is 50.4 Å². The molecule has 1 aromatic carbocycles. The van der Waals surface area contributed by atoms with Crippen molar-refractivity contribution in [3.63, 3.8) is 0 Å². The molecule has 1 aliphatic carbocycles. The van der Waals surface area contributed by atoms with Crippen LogP contribution in [-0.2, 0) is 0 Å². The van der Waals surface area contributed by atoms with Gasteiger partial charge in [-0.2, -0.15) is 0 Å². The molecule has 2 aromatic rings.